The first-order valence-corrected chi connectivity index (χ1v) is 8.18. The van der Waals surface area contributed by atoms with Gasteiger partial charge in [0.25, 0.3) is 17.7 Å². The van der Waals surface area contributed by atoms with Crippen molar-refractivity contribution in [3.8, 4) is 11.8 Å². The summed E-state index contributed by atoms with van der Waals surface area (Å²) in [5.74, 6) is 3.09. The van der Waals surface area contributed by atoms with Gasteiger partial charge in [0.15, 0.2) is 6.17 Å². The van der Waals surface area contributed by atoms with Gasteiger partial charge in [0.2, 0.25) is 5.91 Å². The molecule has 2 aliphatic rings. The Balaban J connectivity index is 1.81. The smallest absolute Gasteiger partial charge is 0.264 e. The van der Waals surface area contributed by atoms with Crippen LogP contribution in [0.1, 0.15) is 26.3 Å². The standard InChI is InChI=1S/C18H17N3O6/c1-26-8-9-27-7-3-5-11-4-2-6-12-14(11)18(25)21(17(12)24)15-16(23)20-13(22)10-19-15/h2,4,6,15,19H,7-10H2,1H3,(H,20,22,23). The lowest BCUT2D eigenvalue weighted by atomic mass is 10.0. The molecular formula is C18H17N3O6. The van der Waals surface area contributed by atoms with E-state index in [-0.39, 0.29) is 24.3 Å². The summed E-state index contributed by atoms with van der Waals surface area (Å²) in [7, 11) is 1.56. The minimum absolute atomic E-state index is 0.137. The lowest BCUT2D eigenvalue weighted by Crippen LogP contribution is -2.64. The van der Waals surface area contributed by atoms with Gasteiger partial charge in [-0.05, 0) is 12.1 Å². The Morgan fingerprint density at radius 1 is 1.19 bits per heavy atom. The van der Waals surface area contributed by atoms with Gasteiger partial charge in [-0.1, -0.05) is 17.9 Å². The van der Waals surface area contributed by atoms with Gasteiger partial charge in [-0.25, -0.2) is 4.90 Å². The van der Waals surface area contributed by atoms with Crippen molar-refractivity contribution in [2.24, 2.45) is 0 Å². The topological polar surface area (TPSA) is 114 Å². The fraction of sp³-hybridized carbons (Fsp3) is 0.333. The quantitative estimate of drug-likeness (QED) is 0.382. The van der Waals surface area contributed by atoms with E-state index in [0.29, 0.717) is 18.8 Å². The van der Waals surface area contributed by atoms with E-state index in [9.17, 15) is 19.2 Å². The molecule has 1 unspecified atom stereocenters. The molecule has 2 heterocycles. The number of hydrogen-bond donors (Lipinski definition) is 2. The summed E-state index contributed by atoms with van der Waals surface area (Å²) in [6.07, 6.45) is -1.24. The van der Waals surface area contributed by atoms with E-state index < -0.39 is 29.8 Å². The molecular weight excluding hydrogens is 354 g/mol. The molecule has 9 heteroatoms. The van der Waals surface area contributed by atoms with E-state index in [1.807, 2.05) is 0 Å². The van der Waals surface area contributed by atoms with E-state index in [1.54, 1.807) is 19.2 Å². The molecule has 9 nitrogen and oxygen atoms in total. The Labute approximate surface area is 155 Å². The van der Waals surface area contributed by atoms with Gasteiger partial charge in [-0.2, -0.15) is 0 Å². The summed E-state index contributed by atoms with van der Waals surface area (Å²) in [5, 5.41) is 4.71. The van der Waals surface area contributed by atoms with Gasteiger partial charge < -0.3 is 9.47 Å². The first kappa shape index (κ1) is 18.7. The molecule has 1 fully saturated rings. The fourth-order valence-corrected chi connectivity index (χ4v) is 2.78. The first-order valence-electron chi connectivity index (χ1n) is 8.18. The summed E-state index contributed by atoms with van der Waals surface area (Å²) < 4.78 is 10.1. The largest absolute Gasteiger partial charge is 0.382 e. The molecule has 140 valence electrons. The number of hydrogen-bond acceptors (Lipinski definition) is 7. The number of imide groups is 2. The summed E-state index contributed by atoms with van der Waals surface area (Å²) in [6.45, 7) is 0.816. The highest BCUT2D eigenvalue weighted by Gasteiger charge is 2.45. The van der Waals surface area contributed by atoms with Crippen molar-refractivity contribution in [1.82, 2.24) is 15.5 Å². The molecule has 0 bridgehead atoms. The zero-order chi connectivity index (χ0) is 19.4. The Morgan fingerprint density at radius 2 is 2.00 bits per heavy atom. The van der Waals surface area contributed by atoms with Crippen molar-refractivity contribution < 1.29 is 28.7 Å². The van der Waals surface area contributed by atoms with Crippen molar-refractivity contribution in [2.45, 2.75) is 6.17 Å². The number of amides is 4. The Morgan fingerprint density at radius 3 is 2.74 bits per heavy atom. The van der Waals surface area contributed by atoms with Crippen LogP contribution in [0.3, 0.4) is 0 Å². The average Bonchev–Trinajstić information content (AvgIpc) is 2.90. The molecule has 0 radical (unpaired) electrons. The molecule has 2 aliphatic heterocycles. The van der Waals surface area contributed by atoms with Crippen molar-refractivity contribution in [3.63, 3.8) is 0 Å². The van der Waals surface area contributed by atoms with E-state index in [4.69, 9.17) is 9.47 Å². The van der Waals surface area contributed by atoms with Crippen LogP contribution >= 0.6 is 0 Å². The van der Waals surface area contributed by atoms with Crippen LogP contribution in [0.15, 0.2) is 18.2 Å². The third kappa shape index (κ3) is 3.73. The zero-order valence-electron chi connectivity index (χ0n) is 14.5. The first-order chi connectivity index (χ1) is 13.0. The molecule has 1 aromatic rings. The second-order valence-corrected chi connectivity index (χ2v) is 5.75. The van der Waals surface area contributed by atoms with E-state index >= 15 is 0 Å². The molecule has 1 aromatic carbocycles. The Kier molecular flexibility index (Phi) is 5.61. The Bertz CT molecular complexity index is 870. The molecule has 4 amide bonds. The SMILES string of the molecule is COCCOCC#Cc1cccc2c1C(=O)N(C1NCC(=O)NC1=O)C2=O. The van der Waals surface area contributed by atoms with Gasteiger partial charge in [0, 0.05) is 12.7 Å². The maximum absolute atomic E-state index is 12.8. The predicted molar refractivity (Wildman–Crippen MR) is 91.5 cm³/mol. The number of methoxy groups -OCH3 is 1. The summed E-state index contributed by atoms with van der Waals surface area (Å²) >= 11 is 0. The van der Waals surface area contributed by atoms with Crippen LogP contribution in [0.2, 0.25) is 0 Å². The van der Waals surface area contributed by atoms with E-state index in [1.165, 1.54) is 6.07 Å². The van der Waals surface area contributed by atoms with Gasteiger partial charge in [0.05, 0.1) is 30.9 Å². The minimum atomic E-state index is -1.24. The number of fused-ring (bicyclic) bond motifs is 1. The molecule has 1 atom stereocenters. The predicted octanol–water partition coefficient (Wildman–Crippen LogP) is -1.13. The van der Waals surface area contributed by atoms with Crippen LogP contribution in [0.4, 0.5) is 0 Å². The number of nitrogens with zero attached hydrogens (tertiary/aromatic N) is 1. The van der Waals surface area contributed by atoms with Crippen molar-refractivity contribution >= 4 is 23.6 Å². The van der Waals surface area contributed by atoms with Crippen LogP contribution < -0.4 is 10.6 Å². The number of carbonyl (C=O) groups excluding carboxylic acids is 4. The normalized spacial score (nSPS) is 18.9. The van der Waals surface area contributed by atoms with Crippen LogP contribution in [0, 0.1) is 11.8 Å². The van der Waals surface area contributed by atoms with Gasteiger partial charge in [-0.15, -0.1) is 0 Å². The molecule has 0 saturated carbocycles. The van der Waals surface area contributed by atoms with Crippen LogP contribution in [-0.2, 0) is 19.1 Å². The number of ether oxygens (including phenoxy) is 2. The summed E-state index contributed by atoms with van der Waals surface area (Å²) in [4.78, 5) is 49.6. The highest BCUT2D eigenvalue weighted by atomic mass is 16.5. The van der Waals surface area contributed by atoms with Gasteiger partial charge >= 0.3 is 0 Å². The van der Waals surface area contributed by atoms with Crippen molar-refractivity contribution in [2.75, 3.05) is 33.5 Å². The third-order valence-corrected chi connectivity index (χ3v) is 4.00. The number of piperazine rings is 1. The lowest BCUT2D eigenvalue weighted by molar-refractivity contribution is -0.136. The van der Waals surface area contributed by atoms with Crippen LogP contribution in [0.25, 0.3) is 0 Å². The average molecular weight is 371 g/mol. The maximum atomic E-state index is 12.8. The van der Waals surface area contributed by atoms with Gasteiger partial charge in [0.1, 0.15) is 6.61 Å². The summed E-state index contributed by atoms with van der Waals surface area (Å²) in [5.41, 5.74) is 0.674. The molecule has 2 N–H and O–H groups in total. The molecule has 0 aliphatic carbocycles. The molecule has 0 spiro atoms. The minimum Gasteiger partial charge on any atom is -0.382 e. The van der Waals surface area contributed by atoms with Gasteiger partial charge in [-0.3, -0.25) is 29.8 Å². The zero-order valence-corrected chi connectivity index (χ0v) is 14.5. The van der Waals surface area contributed by atoms with Crippen LogP contribution in [-0.4, -0.2) is 68.2 Å². The number of nitrogens with one attached hydrogen (secondary N) is 2. The molecule has 1 saturated heterocycles. The summed E-state index contributed by atoms with van der Waals surface area (Å²) in [6, 6.07) is 4.73. The highest BCUT2D eigenvalue weighted by Crippen LogP contribution is 2.27. The molecule has 0 aromatic heterocycles. The number of benzene rings is 1. The Hall–Kier alpha value is -3.06. The van der Waals surface area contributed by atoms with E-state index in [0.717, 1.165) is 4.90 Å². The highest BCUT2D eigenvalue weighted by molar-refractivity contribution is 6.24. The lowest BCUT2D eigenvalue weighted by Gasteiger charge is -2.28. The molecule has 3 rings (SSSR count). The third-order valence-electron chi connectivity index (χ3n) is 4.00. The van der Waals surface area contributed by atoms with Crippen LogP contribution in [0.5, 0.6) is 0 Å². The monoisotopic (exact) mass is 371 g/mol. The fourth-order valence-electron chi connectivity index (χ4n) is 2.78. The van der Waals surface area contributed by atoms with Crippen molar-refractivity contribution in [1.29, 1.82) is 0 Å². The van der Waals surface area contributed by atoms with Crippen molar-refractivity contribution in [3.05, 3.63) is 34.9 Å². The molecule has 27 heavy (non-hydrogen) atoms. The number of carbonyl (C=O) groups is 4. The second kappa shape index (κ2) is 8.09. The number of rotatable bonds is 5. The second-order valence-electron chi connectivity index (χ2n) is 5.75. The maximum Gasteiger partial charge on any atom is 0.264 e. The van der Waals surface area contributed by atoms with E-state index in [2.05, 4.69) is 22.5 Å².